The maximum atomic E-state index is 4.92. The molecule has 2 heterocycles. The fourth-order valence-corrected chi connectivity index (χ4v) is 5.20. The molecule has 0 bridgehead atoms. The average molecular weight is 478 g/mol. The minimum Gasteiger partial charge on any atom is -0.372 e. The Kier molecular flexibility index (Phi) is 4.85. The molecular formula is C15H17BrIN3S. The molecule has 0 aromatic carbocycles. The second-order valence-corrected chi connectivity index (χ2v) is 8.53. The molecule has 1 saturated carbocycles. The van der Waals surface area contributed by atoms with Crippen LogP contribution in [0.3, 0.4) is 0 Å². The SMILES string of the molecule is CNc1nc(-c2cc(Br)c(C)s2)nc(C2CCCC2)c1I. The van der Waals surface area contributed by atoms with E-state index in [1.54, 1.807) is 11.3 Å². The number of anilines is 1. The van der Waals surface area contributed by atoms with Crippen LogP contribution in [0.25, 0.3) is 10.7 Å². The number of nitrogens with one attached hydrogen (secondary N) is 1. The van der Waals surface area contributed by atoms with E-state index >= 15 is 0 Å². The van der Waals surface area contributed by atoms with Gasteiger partial charge in [0.1, 0.15) is 5.82 Å². The van der Waals surface area contributed by atoms with Crippen molar-refractivity contribution >= 4 is 55.7 Å². The Bertz CT molecular complexity index is 646. The highest BCUT2D eigenvalue weighted by Crippen LogP contribution is 2.39. The molecular weight excluding hydrogens is 461 g/mol. The number of aryl methyl sites for hydroxylation is 1. The first-order valence-corrected chi connectivity index (χ1v) is 9.80. The van der Waals surface area contributed by atoms with E-state index in [1.807, 2.05) is 7.05 Å². The molecule has 3 rings (SSSR count). The molecule has 1 fully saturated rings. The van der Waals surface area contributed by atoms with E-state index in [4.69, 9.17) is 9.97 Å². The van der Waals surface area contributed by atoms with Crippen molar-refractivity contribution in [3.8, 4) is 10.7 Å². The lowest BCUT2D eigenvalue weighted by atomic mass is 10.0. The summed E-state index contributed by atoms with van der Waals surface area (Å²) < 4.78 is 2.32. The molecule has 112 valence electrons. The first-order valence-electron chi connectivity index (χ1n) is 7.11. The minimum atomic E-state index is 0.593. The molecule has 21 heavy (non-hydrogen) atoms. The maximum Gasteiger partial charge on any atom is 0.171 e. The van der Waals surface area contributed by atoms with Crippen LogP contribution in [-0.4, -0.2) is 17.0 Å². The van der Waals surface area contributed by atoms with Gasteiger partial charge in [-0.2, -0.15) is 0 Å². The molecule has 1 aliphatic carbocycles. The molecule has 0 atom stereocenters. The largest absolute Gasteiger partial charge is 0.372 e. The van der Waals surface area contributed by atoms with Crippen LogP contribution in [0.15, 0.2) is 10.5 Å². The number of hydrogen-bond donors (Lipinski definition) is 1. The number of rotatable bonds is 3. The molecule has 6 heteroatoms. The zero-order valence-corrected chi connectivity index (χ0v) is 16.6. The highest BCUT2D eigenvalue weighted by Gasteiger charge is 2.24. The van der Waals surface area contributed by atoms with E-state index in [-0.39, 0.29) is 0 Å². The van der Waals surface area contributed by atoms with Crippen LogP contribution in [0.5, 0.6) is 0 Å². The molecule has 0 aliphatic heterocycles. The van der Waals surface area contributed by atoms with Crippen molar-refractivity contribution in [3.63, 3.8) is 0 Å². The van der Waals surface area contributed by atoms with Crippen molar-refractivity contribution < 1.29 is 0 Å². The van der Waals surface area contributed by atoms with Gasteiger partial charge in [0.15, 0.2) is 5.82 Å². The number of thiophene rings is 1. The van der Waals surface area contributed by atoms with Gasteiger partial charge in [0.05, 0.1) is 14.1 Å². The Morgan fingerprint density at radius 2 is 2.05 bits per heavy atom. The molecule has 0 saturated heterocycles. The van der Waals surface area contributed by atoms with Crippen LogP contribution in [0, 0.1) is 10.5 Å². The van der Waals surface area contributed by atoms with Crippen LogP contribution in [0.1, 0.15) is 42.2 Å². The van der Waals surface area contributed by atoms with Gasteiger partial charge in [-0.05, 0) is 64.4 Å². The van der Waals surface area contributed by atoms with Crippen molar-refractivity contribution in [2.24, 2.45) is 0 Å². The van der Waals surface area contributed by atoms with Crippen molar-refractivity contribution in [1.29, 1.82) is 0 Å². The first-order chi connectivity index (χ1) is 10.1. The highest BCUT2D eigenvalue weighted by atomic mass is 127. The van der Waals surface area contributed by atoms with Crippen LogP contribution in [0.2, 0.25) is 0 Å². The van der Waals surface area contributed by atoms with Gasteiger partial charge in [-0.3, -0.25) is 0 Å². The van der Waals surface area contributed by atoms with E-state index < -0.39 is 0 Å². The molecule has 0 amide bonds. The standard InChI is InChI=1S/C15H17BrIN3S/c1-8-10(16)7-11(21-8)14-19-13(9-5-3-4-6-9)12(17)15(18-2)20-14/h7,9H,3-6H2,1-2H3,(H,18,19,20). The number of hydrogen-bond acceptors (Lipinski definition) is 4. The molecule has 2 aromatic heterocycles. The molecule has 1 N–H and O–H groups in total. The number of nitrogens with zero attached hydrogens (tertiary/aromatic N) is 2. The lowest BCUT2D eigenvalue weighted by Gasteiger charge is -2.15. The quantitative estimate of drug-likeness (QED) is 0.586. The topological polar surface area (TPSA) is 37.8 Å². The smallest absolute Gasteiger partial charge is 0.171 e. The third kappa shape index (κ3) is 3.12. The zero-order chi connectivity index (χ0) is 15.0. The summed E-state index contributed by atoms with van der Waals surface area (Å²) in [5.74, 6) is 2.39. The van der Waals surface area contributed by atoms with Gasteiger partial charge < -0.3 is 5.32 Å². The molecule has 0 radical (unpaired) electrons. The molecule has 1 aliphatic rings. The Labute approximate surface area is 151 Å². The lowest BCUT2D eigenvalue weighted by Crippen LogP contribution is -2.07. The molecule has 0 unspecified atom stereocenters. The van der Waals surface area contributed by atoms with Crippen LogP contribution < -0.4 is 5.32 Å². The third-order valence-electron chi connectivity index (χ3n) is 3.93. The van der Waals surface area contributed by atoms with E-state index in [0.29, 0.717) is 5.92 Å². The summed E-state index contributed by atoms with van der Waals surface area (Å²) in [6.45, 7) is 2.11. The van der Waals surface area contributed by atoms with Gasteiger partial charge in [0.25, 0.3) is 0 Å². The number of aromatic nitrogens is 2. The molecule has 3 nitrogen and oxygen atoms in total. The Hall–Kier alpha value is -0.210. The Morgan fingerprint density at radius 1 is 1.33 bits per heavy atom. The van der Waals surface area contributed by atoms with Crippen LogP contribution in [-0.2, 0) is 0 Å². The van der Waals surface area contributed by atoms with Crippen molar-refractivity contribution in [2.75, 3.05) is 12.4 Å². The summed E-state index contributed by atoms with van der Waals surface area (Å²) in [7, 11) is 1.93. The fourth-order valence-electron chi connectivity index (χ4n) is 2.78. The third-order valence-corrected chi connectivity index (χ3v) is 7.13. The first kappa shape index (κ1) is 15.7. The van der Waals surface area contributed by atoms with Gasteiger partial charge in [-0.15, -0.1) is 11.3 Å². The summed E-state index contributed by atoms with van der Waals surface area (Å²) in [6.07, 6.45) is 5.14. The molecule has 0 spiro atoms. The van der Waals surface area contributed by atoms with E-state index in [2.05, 4.69) is 56.8 Å². The summed E-state index contributed by atoms with van der Waals surface area (Å²) >= 11 is 7.71. The predicted molar refractivity (Wildman–Crippen MR) is 101 cm³/mol. The normalized spacial score (nSPS) is 15.6. The van der Waals surface area contributed by atoms with Crippen LogP contribution >= 0.6 is 49.9 Å². The summed E-state index contributed by atoms with van der Waals surface area (Å²) in [6, 6.07) is 2.13. The second-order valence-electron chi connectivity index (χ2n) is 5.34. The summed E-state index contributed by atoms with van der Waals surface area (Å²) in [5.41, 5.74) is 1.23. The maximum absolute atomic E-state index is 4.92. The zero-order valence-electron chi connectivity index (χ0n) is 12.0. The monoisotopic (exact) mass is 477 g/mol. The van der Waals surface area contributed by atoms with E-state index in [0.717, 1.165) is 21.0 Å². The van der Waals surface area contributed by atoms with Gasteiger partial charge in [0, 0.05) is 22.3 Å². The summed E-state index contributed by atoms with van der Waals surface area (Å²) in [4.78, 5) is 12.0. The average Bonchev–Trinajstić information content (AvgIpc) is 3.10. The summed E-state index contributed by atoms with van der Waals surface area (Å²) in [5, 5.41) is 3.22. The van der Waals surface area contributed by atoms with Crippen molar-refractivity contribution in [1.82, 2.24) is 9.97 Å². The van der Waals surface area contributed by atoms with Crippen molar-refractivity contribution in [2.45, 2.75) is 38.5 Å². The van der Waals surface area contributed by atoms with Gasteiger partial charge in [-0.1, -0.05) is 12.8 Å². The number of halogens is 2. The minimum absolute atomic E-state index is 0.593. The van der Waals surface area contributed by atoms with E-state index in [9.17, 15) is 0 Å². The fraction of sp³-hybridized carbons (Fsp3) is 0.467. The van der Waals surface area contributed by atoms with E-state index in [1.165, 1.54) is 39.8 Å². The second kappa shape index (κ2) is 6.50. The predicted octanol–water partition coefficient (Wildman–Crippen LogP) is 5.58. The van der Waals surface area contributed by atoms with Gasteiger partial charge in [0.2, 0.25) is 0 Å². The van der Waals surface area contributed by atoms with Gasteiger partial charge in [-0.25, -0.2) is 9.97 Å². The van der Waals surface area contributed by atoms with Crippen LogP contribution in [0.4, 0.5) is 5.82 Å². The van der Waals surface area contributed by atoms with Gasteiger partial charge >= 0.3 is 0 Å². The Balaban J connectivity index is 2.10. The molecule has 2 aromatic rings. The lowest BCUT2D eigenvalue weighted by molar-refractivity contribution is 0.691. The van der Waals surface area contributed by atoms with Crippen molar-refractivity contribution in [3.05, 3.63) is 24.7 Å². The highest BCUT2D eigenvalue weighted by molar-refractivity contribution is 14.1. The Morgan fingerprint density at radius 3 is 2.62 bits per heavy atom.